The third-order valence-corrected chi connectivity index (χ3v) is 6.40. The first-order valence-corrected chi connectivity index (χ1v) is 10.3. The van der Waals surface area contributed by atoms with Gasteiger partial charge in [0.25, 0.3) is 5.91 Å². The lowest BCUT2D eigenvalue weighted by molar-refractivity contribution is 0.0905. The number of hydrogen-bond donors (Lipinski definition) is 1. The van der Waals surface area contributed by atoms with Crippen molar-refractivity contribution < 1.29 is 17.9 Å². The van der Waals surface area contributed by atoms with Crippen LogP contribution in [-0.2, 0) is 14.8 Å². The van der Waals surface area contributed by atoms with E-state index in [1.807, 2.05) is 0 Å². The van der Waals surface area contributed by atoms with Crippen LogP contribution in [-0.4, -0.2) is 51.5 Å². The number of methoxy groups -OCH3 is 1. The molecule has 1 saturated heterocycles. The van der Waals surface area contributed by atoms with E-state index in [-0.39, 0.29) is 21.5 Å². The Kier molecular flexibility index (Phi) is 7.25. The average Bonchev–Trinajstić information content (AvgIpc) is 2.85. The van der Waals surface area contributed by atoms with Gasteiger partial charge in [-0.2, -0.15) is 4.31 Å². The summed E-state index contributed by atoms with van der Waals surface area (Å²) in [5.41, 5.74) is 0.153. The number of carbonyl (C=O) groups excluding carboxylic acids is 1. The third kappa shape index (κ3) is 5.17. The van der Waals surface area contributed by atoms with Crippen LogP contribution in [0.3, 0.4) is 0 Å². The van der Waals surface area contributed by atoms with Gasteiger partial charge in [0.15, 0.2) is 0 Å². The predicted molar refractivity (Wildman–Crippen MR) is 97.5 cm³/mol. The molecule has 1 aliphatic rings. The zero-order chi connectivity index (χ0) is 18.4. The SMILES string of the molecule is COC[C@H](C)NC(=O)c1cc(S(=O)(=O)N2CCCCCC2)ccc1Cl. The number of benzene rings is 1. The van der Waals surface area contributed by atoms with Gasteiger partial charge in [0.05, 0.1) is 22.1 Å². The molecule has 0 saturated carbocycles. The molecule has 1 heterocycles. The van der Waals surface area contributed by atoms with Gasteiger partial charge in [-0.3, -0.25) is 4.79 Å². The van der Waals surface area contributed by atoms with Crippen molar-refractivity contribution in [2.75, 3.05) is 26.8 Å². The summed E-state index contributed by atoms with van der Waals surface area (Å²) in [5, 5.41) is 2.97. The normalized spacial score (nSPS) is 17.7. The highest BCUT2D eigenvalue weighted by Gasteiger charge is 2.26. The molecular weight excluding hydrogens is 364 g/mol. The number of rotatable bonds is 6. The largest absolute Gasteiger partial charge is 0.383 e. The Labute approximate surface area is 154 Å². The van der Waals surface area contributed by atoms with Crippen LogP contribution in [0.2, 0.25) is 5.02 Å². The summed E-state index contributed by atoms with van der Waals surface area (Å²) in [5.74, 6) is -0.414. The second kappa shape index (κ2) is 8.98. The maximum Gasteiger partial charge on any atom is 0.253 e. The molecule has 1 atom stereocenters. The van der Waals surface area contributed by atoms with Gasteiger partial charge in [0, 0.05) is 26.2 Å². The second-order valence-corrected chi connectivity index (χ2v) is 8.63. The minimum atomic E-state index is -3.63. The van der Waals surface area contributed by atoms with E-state index in [1.165, 1.54) is 22.5 Å². The van der Waals surface area contributed by atoms with Gasteiger partial charge in [-0.1, -0.05) is 24.4 Å². The van der Waals surface area contributed by atoms with E-state index < -0.39 is 15.9 Å². The van der Waals surface area contributed by atoms with Crippen LogP contribution >= 0.6 is 11.6 Å². The first kappa shape index (κ1) is 20.2. The first-order valence-electron chi connectivity index (χ1n) is 8.45. The molecule has 0 aliphatic carbocycles. The van der Waals surface area contributed by atoms with Crippen molar-refractivity contribution in [2.24, 2.45) is 0 Å². The van der Waals surface area contributed by atoms with E-state index in [0.717, 1.165) is 25.7 Å². The Morgan fingerprint density at radius 2 is 1.92 bits per heavy atom. The van der Waals surface area contributed by atoms with Crippen LogP contribution in [0.4, 0.5) is 0 Å². The van der Waals surface area contributed by atoms with Crippen molar-refractivity contribution in [3.63, 3.8) is 0 Å². The molecule has 0 aromatic heterocycles. The zero-order valence-electron chi connectivity index (χ0n) is 14.6. The number of sulfonamides is 1. The predicted octanol–water partition coefficient (Wildman–Crippen LogP) is 2.67. The summed E-state index contributed by atoms with van der Waals surface area (Å²) in [6, 6.07) is 4.07. The molecule has 2 rings (SSSR count). The lowest BCUT2D eigenvalue weighted by atomic mass is 10.2. The molecule has 6 nitrogen and oxygen atoms in total. The molecular formula is C17H25ClN2O4S. The fraction of sp³-hybridized carbons (Fsp3) is 0.588. The zero-order valence-corrected chi connectivity index (χ0v) is 16.2. The summed E-state index contributed by atoms with van der Waals surface area (Å²) in [6.45, 7) is 3.18. The average molecular weight is 389 g/mol. The van der Waals surface area contributed by atoms with E-state index in [0.29, 0.717) is 19.7 Å². The Balaban J connectivity index is 2.26. The molecule has 1 aliphatic heterocycles. The number of nitrogens with one attached hydrogen (secondary N) is 1. The maximum atomic E-state index is 12.9. The Morgan fingerprint density at radius 3 is 2.52 bits per heavy atom. The number of ether oxygens (including phenoxy) is 1. The van der Waals surface area contributed by atoms with Gasteiger partial charge in [-0.15, -0.1) is 0 Å². The summed E-state index contributed by atoms with van der Waals surface area (Å²) in [6.07, 6.45) is 3.79. The number of amides is 1. The van der Waals surface area contributed by atoms with Gasteiger partial charge >= 0.3 is 0 Å². The second-order valence-electron chi connectivity index (χ2n) is 6.29. The highest BCUT2D eigenvalue weighted by atomic mass is 35.5. The van der Waals surface area contributed by atoms with Gasteiger partial charge < -0.3 is 10.1 Å². The summed E-state index contributed by atoms with van der Waals surface area (Å²) < 4.78 is 32.3. The molecule has 0 bridgehead atoms. The van der Waals surface area contributed by atoms with Crippen LogP contribution < -0.4 is 5.32 Å². The van der Waals surface area contributed by atoms with Gasteiger partial charge in [-0.05, 0) is 38.0 Å². The molecule has 25 heavy (non-hydrogen) atoms. The van der Waals surface area contributed by atoms with E-state index in [2.05, 4.69) is 5.32 Å². The van der Waals surface area contributed by atoms with Crippen molar-refractivity contribution in [3.05, 3.63) is 28.8 Å². The molecule has 1 fully saturated rings. The molecule has 140 valence electrons. The first-order chi connectivity index (χ1) is 11.9. The van der Waals surface area contributed by atoms with Crippen molar-refractivity contribution >= 4 is 27.5 Å². The molecule has 8 heteroatoms. The minimum absolute atomic E-state index is 0.100. The molecule has 0 radical (unpaired) electrons. The summed E-state index contributed by atoms with van der Waals surface area (Å²) in [4.78, 5) is 12.5. The fourth-order valence-corrected chi connectivity index (χ4v) is 4.61. The quantitative estimate of drug-likeness (QED) is 0.812. The van der Waals surface area contributed by atoms with Crippen LogP contribution in [0.5, 0.6) is 0 Å². The molecule has 1 aromatic rings. The molecule has 1 N–H and O–H groups in total. The highest BCUT2D eigenvalue weighted by Crippen LogP contribution is 2.25. The third-order valence-electron chi connectivity index (χ3n) is 4.18. The van der Waals surface area contributed by atoms with Gasteiger partial charge in [0.2, 0.25) is 10.0 Å². The maximum absolute atomic E-state index is 12.9. The van der Waals surface area contributed by atoms with Crippen LogP contribution in [0, 0.1) is 0 Å². The van der Waals surface area contributed by atoms with Crippen molar-refractivity contribution in [1.82, 2.24) is 9.62 Å². The molecule has 0 spiro atoms. The topological polar surface area (TPSA) is 75.7 Å². The number of hydrogen-bond acceptors (Lipinski definition) is 4. The standard InChI is InChI=1S/C17H25ClN2O4S/c1-13(12-24-2)19-17(21)15-11-14(7-8-16(15)18)25(22,23)20-9-5-3-4-6-10-20/h7-8,11,13H,3-6,9-10,12H2,1-2H3,(H,19,21)/t13-/m0/s1. The lowest BCUT2D eigenvalue weighted by Crippen LogP contribution is -2.36. The Hall–Kier alpha value is -1.15. The van der Waals surface area contributed by atoms with E-state index in [4.69, 9.17) is 16.3 Å². The number of nitrogens with zero attached hydrogens (tertiary/aromatic N) is 1. The van der Waals surface area contributed by atoms with Gasteiger partial charge in [0.1, 0.15) is 0 Å². The van der Waals surface area contributed by atoms with Crippen LogP contribution in [0.25, 0.3) is 0 Å². The summed E-state index contributed by atoms with van der Waals surface area (Å²) >= 11 is 6.11. The Bertz CT molecular complexity index is 701. The fourth-order valence-electron chi connectivity index (χ4n) is 2.86. The van der Waals surface area contributed by atoms with E-state index in [9.17, 15) is 13.2 Å². The van der Waals surface area contributed by atoms with Gasteiger partial charge in [-0.25, -0.2) is 8.42 Å². The van der Waals surface area contributed by atoms with Crippen molar-refractivity contribution in [1.29, 1.82) is 0 Å². The summed E-state index contributed by atoms with van der Waals surface area (Å²) in [7, 11) is -2.08. The monoisotopic (exact) mass is 388 g/mol. The highest BCUT2D eigenvalue weighted by molar-refractivity contribution is 7.89. The molecule has 0 unspecified atom stereocenters. The van der Waals surface area contributed by atoms with E-state index in [1.54, 1.807) is 14.0 Å². The molecule has 1 aromatic carbocycles. The van der Waals surface area contributed by atoms with Crippen molar-refractivity contribution in [3.8, 4) is 0 Å². The minimum Gasteiger partial charge on any atom is -0.383 e. The van der Waals surface area contributed by atoms with Crippen molar-refractivity contribution in [2.45, 2.75) is 43.5 Å². The Morgan fingerprint density at radius 1 is 1.28 bits per heavy atom. The van der Waals surface area contributed by atoms with E-state index >= 15 is 0 Å². The lowest BCUT2D eigenvalue weighted by Gasteiger charge is -2.20. The van der Waals surface area contributed by atoms with Crippen LogP contribution in [0.15, 0.2) is 23.1 Å². The number of carbonyl (C=O) groups is 1. The molecule has 1 amide bonds. The number of halogens is 1. The van der Waals surface area contributed by atoms with Crippen LogP contribution in [0.1, 0.15) is 43.0 Å². The smallest absolute Gasteiger partial charge is 0.253 e.